The SMILES string of the molecule is C[C@H](N)CCc1cnc(Cl)cc1Cl. The van der Waals surface area contributed by atoms with Gasteiger partial charge in [-0.2, -0.15) is 0 Å². The van der Waals surface area contributed by atoms with E-state index >= 15 is 0 Å². The van der Waals surface area contributed by atoms with Crippen molar-refractivity contribution >= 4 is 23.2 Å². The van der Waals surface area contributed by atoms with Gasteiger partial charge in [-0.1, -0.05) is 23.2 Å². The average molecular weight is 219 g/mol. The van der Waals surface area contributed by atoms with Gasteiger partial charge < -0.3 is 5.73 Å². The van der Waals surface area contributed by atoms with Gasteiger partial charge in [0.2, 0.25) is 0 Å². The molecule has 72 valence electrons. The number of aryl methyl sites for hydroxylation is 1. The summed E-state index contributed by atoms with van der Waals surface area (Å²) >= 11 is 11.6. The van der Waals surface area contributed by atoms with E-state index < -0.39 is 0 Å². The predicted molar refractivity (Wildman–Crippen MR) is 56.2 cm³/mol. The van der Waals surface area contributed by atoms with Crippen molar-refractivity contribution in [3.63, 3.8) is 0 Å². The number of nitrogens with two attached hydrogens (primary N) is 1. The van der Waals surface area contributed by atoms with E-state index in [2.05, 4.69) is 4.98 Å². The summed E-state index contributed by atoms with van der Waals surface area (Å²) in [6, 6.07) is 1.84. The Morgan fingerprint density at radius 3 is 2.77 bits per heavy atom. The Kier molecular flexibility index (Phi) is 3.97. The molecule has 0 spiro atoms. The second-order valence-corrected chi connectivity index (χ2v) is 3.91. The minimum Gasteiger partial charge on any atom is -0.328 e. The van der Waals surface area contributed by atoms with Gasteiger partial charge in [-0.05, 0) is 31.4 Å². The van der Waals surface area contributed by atoms with Crippen molar-refractivity contribution in [3.05, 3.63) is 28.0 Å². The monoisotopic (exact) mass is 218 g/mol. The van der Waals surface area contributed by atoms with Crippen LogP contribution in [-0.4, -0.2) is 11.0 Å². The fraction of sp³-hybridized carbons (Fsp3) is 0.444. The molecule has 0 fully saturated rings. The molecule has 13 heavy (non-hydrogen) atoms. The second kappa shape index (κ2) is 4.80. The van der Waals surface area contributed by atoms with Gasteiger partial charge in [0.1, 0.15) is 5.15 Å². The largest absolute Gasteiger partial charge is 0.328 e. The molecule has 4 heteroatoms. The summed E-state index contributed by atoms with van der Waals surface area (Å²) in [5.41, 5.74) is 6.63. The van der Waals surface area contributed by atoms with Crippen LogP contribution in [-0.2, 0) is 6.42 Å². The Labute approximate surface area is 88.1 Å². The first kappa shape index (κ1) is 10.8. The van der Waals surface area contributed by atoms with Crippen LogP contribution in [0.25, 0.3) is 0 Å². The molecule has 1 heterocycles. The van der Waals surface area contributed by atoms with E-state index in [0.29, 0.717) is 10.2 Å². The number of aromatic nitrogens is 1. The lowest BCUT2D eigenvalue weighted by molar-refractivity contribution is 0.665. The van der Waals surface area contributed by atoms with Gasteiger partial charge in [-0.3, -0.25) is 0 Å². The van der Waals surface area contributed by atoms with E-state index in [0.717, 1.165) is 18.4 Å². The van der Waals surface area contributed by atoms with Crippen LogP contribution < -0.4 is 5.73 Å². The van der Waals surface area contributed by atoms with Crippen LogP contribution in [0.5, 0.6) is 0 Å². The Morgan fingerprint density at radius 2 is 2.23 bits per heavy atom. The lowest BCUT2D eigenvalue weighted by atomic mass is 10.1. The van der Waals surface area contributed by atoms with Crippen molar-refractivity contribution in [2.45, 2.75) is 25.8 Å². The highest BCUT2D eigenvalue weighted by Gasteiger charge is 2.03. The number of pyridine rings is 1. The molecule has 1 rings (SSSR count). The maximum absolute atomic E-state index is 5.95. The maximum Gasteiger partial charge on any atom is 0.130 e. The quantitative estimate of drug-likeness (QED) is 0.793. The predicted octanol–water partition coefficient (Wildman–Crippen LogP) is 2.67. The fourth-order valence-corrected chi connectivity index (χ4v) is 1.46. The van der Waals surface area contributed by atoms with Crippen molar-refractivity contribution in [1.82, 2.24) is 4.98 Å². The molecule has 0 aromatic carbocycles. The van der Waals surface area contributed by atoms with Gasteiger partial charge in [0.25, 0.3) is 0 Å². The summed E-state index contributed by atoms with van der Waals surface area (Å²) in [4.78, 5) is 3.96. The first-order valence-corrected chi connectivity index (χ1v) is 4.90. The Morgan fingerprint density at radius 1 is 1.54 bits per heavy atom. The molecule has 0 amide bonds. The Hall–Kier alpha value is -0.310. The minimum atomic E-state index is 0.187. The first-order valence-electron chi connectivity index (χ1n) is 4.15. The summed E-state index contributed by atoms with van der Waals surface area (Å²) in [5, 5.41) is 1.09. The smallest absolute Gasteiger partial charge is 0.130 e. The van der Waals surface area contributed by atoms with Crippen LogP contribution in [0, 0.1) is 0 Å². The molecule has 1 atom stereocenters. The van der Waals surface area contributed by atoms with E-state index in [4.69, 9.17) is 28.9 Å². The number of hydrogen-bond donors (Lipinski definition) is 1. The van der Waals surface area contributed by atoms with Crippen molar-refractivity contribution in [1.29, 1.82) is 0 Å². The number of rotatable bonds is 3. The van der Waals surface area contributed by atoms with Crippen LogP contribution in [0.3, 0.4) is 0 Å². The molecule has 2 nitrogen and oxygen atoms in total. The molecular weight excluding hydrogens is 207 g/mol. The number of halogens is 2. The van der Waals surface area contributed by atoms with Crippen LogP contribution in [0.2, 0.25) is 10.2 Å². The number of hydrogen-bond acceptors (Lipinski definition) is 2. The van der Waals surface area contributed by atoms with Gasteiger partial charge in [0.05, 0.1) is 0 Å². The molecule has 0 saturated heterocycles. The third kappa shape index (κ3) is 3.51. The minimum absolute atomic E-state index is 0.187. The number of nitrogens with zero attached hydrogens (tertiary/aromatic N) is 1. The van der Waals surface area contributed by atoms with E-state index in [9.17, 15) is 0 Å². The summed E-state index contributed by atoms with van der Waals surface area (Å²) in [6.07, 6.45) is 3.46. The molecule has 1 aromatic rings. The molecule has 0 bridgehead atoms. The third-order valence-corrected chi connectivity index (χ3v) is 2.32. The Balaban J connectivity index is 2.67. The highest BCUT2D eigenvalue weighted by molar-refractivity contribution is 6.34. The molecule has 0 radical (unpaired) electrons. The van der Waals surface area contributed by atoms with Gasteiger partial charge in [-0.25, -0.2) is 4.98 Å². The normalized spacial score (nSPS) is 12.9. The van der Waals surface area contributed by atoms with Crippen molar-refractivity contribution in [3.8, 4) is 0 Å². The molecule has 1 aromatic heterocycles. The Bertz CT molecular complexity index is 287. The van der Waals surface area contributed by atoms with Crippen LogP contribution in [0.4, 0.5) is 0 Å². The second-order valence-electron chi connectivity index (χ2n) is 3.11. The molecule has 0 unspecified atom stereocenters. The average Bonchev–Trinajstić information content (AvgIpc) is 2.02. The molecule has 0 aliphatic carbocycles. The van der Waals surface area contributed by atoms with Gasteiger partial charge in [0.15, 0.2) is 0 Å². The van der Waals surface area contributed by atoms with E-state index in [1.165, 1.54) is 0 Å². The zero-order valence-corrected chi connectivity index (χ0v) is 8.94. The lowest BCUT2D eigenvalue weighted by Crippen LogP contribution is -2.15. The first-order chi connectivity index (χ1) is 6.09. The fourth-order valence-electron chi connectivity index (χ4n) is 1.00. The van der Waals surface area contributed by atoms with E-state index in [1.807, 2.05) is 6.92 Å². The van der Waals surface area contributed by atoms with E-state index in [1.54, 1.807) is 12.3 Å². The molecule has 2 N–H and O–H groups in total. The van der Waals surface area contributed by atoms with Crippen molar-refractivity contribution in [2.75, 3.05) is 0 Å². The summed E-state index contributed by atoms with van der Waals surface area (Å²) < 4.78 is 0. The summed E-state index contributed by atoms with van der Waals surface area (Å²) in [7, 11) is 0. The zero-order valence-electron chi connectivity index (χ0n) is 7.43. The summed E-state index contributed by atoms with van der Waals surface area (Å²) in [5.74, 6) is 0. The molecular formula is C9H12Cl2N2. The van der Waals surface area contributed by atoms with Gasteiger partial charge >= 0.3 is 0 Å². The van der Waals surface area contributed by atoms with Crippen molar-refractivity contribution in [2.24, 2.45) is 5.73 Å². The molecule has 0 aliphatic heterocycles. The van der Waals surface area contributed by atoms with Crippen LogP contribution in [0.15, 0.2) is 12.3 Å². The van der Waals surface area contributed by atoms with Gasteiger partial charge in [-0.15, -0.1) is 0 Å². The zero-order chi connectivity index (χ0) is 9.84. The van der Waals surface area contributed by atoms with E-state index in [-0.39, 0.29) is 6.04 Å². The van der Waals surface area contributed by atoms with Crippen LogP contribution in [0.1, 0.15) is 18.9 Å². The maximum atomic E-state index is 5.95. The standard InChI is InChI=1S/C9H12Cl2N2/c1-6(12)2-3-7-5-13-9(11)4-8(7)10/h4-6H,2-3,12H2,1H3/t6-/m0/s1. The highest BCUT2D eigenvalue weighted by atomic mass is 35.5. The lowest BCUT2D eigenvalue weighted by Gasteiger charge is -2.06. The highest BCUT2D eigenvalue weighted by Crippen LogP contribution is 2.19. The molecule has 0 aliphatic rings. The van der Waals surface area contributed by atoms with Crippen molar-refractivity contribution < 1.29 is 0 Å². The molecule has 0 saturated carbocycles. The third-order valence-electron chi connectivity index (χ3n) is 1.77. The van der Waals surface area contributed by atoms with Crippen LogP contribution >= 0.6 is 23.2 Å². The summed E-state index contributed by atoms with van der Waals surface area (Å²) in [6.45, 7) is 1.97. The topological polar surface area (TPSA) is 38.9 Å². The van der Waals surface area contributed by atoms with Gasteiger partial charge in [0, 0.05) is 17.3 Å².